The lowest BCUT2D eigenvalue weighted by Gasteiger charge is -2.31. The first-order valence-electron chi connectivity index (χ1n) is 9.20. The molecule has 0 unspecified atom stereocenters. The van der Waals surface area contributed by atoms with E-state index in [2.05, 4.69) is 40.5 Å². The van der Waals surface area contributed by atoms with Gasteiger partial charge in [0.1, 0.15) is 0 Å². The molecule has 0 aromatic carbocycles. The van der Waals surface area contributed by atoms with Crippen LogP contribution in [0.25, 0.3) is 0 Å². The van der Waals surface area contributed by atoms with Gasteiger partial charge in [-0.05, 0) is 62.5 Å². The van der Waals surface area contributed by atoms with Crippen LogP contribution in [0.1, 0.15) is 39.2 Å². The molecule has 1 aromatic heterocycles. The Hall–Kier alpha value is -0.910. The van der Waals surface area contributed by atoms with E-state index in [0.29, 0.717) is 18.6 Å². The Morgan fingerprint density at radius 1 is 1.46 bits per heavy atom. The second-order valence-corrected chi connectivity index (χ2v) is 8.35. The minimum absolute atomic E-state index is 0.0375. The molecule has 2 atom stereocenters. The number of hydrogen-bond acceptors (Lipinski definition) is 5. The average molecular weight is 351 g/mol. The van der Waals surface area contributed by atoms with Crippen molar-refractivity contribution in [3.05, 3.63) is 22.4 Å². The first-order chi connectivity index (χ1) is 11.5. The van der Waals surface area contributed by atoms with Gasteiger partial charge in [0.25, 0.3) is 0 Å². The molecule has 3 heterocycles. The molecule has 0 aliphatic carbocycles. The smallest absolute Gasteiger partial charge is 0.313 e. The molecule has 0 amide bonds. The van der Waals surface area contributed by atoms with E-state index >= 15 is 0 Å². The van der Waals surface area contributed by atoms with Crippen LogP contribution in [0.15, 0.2) is 16.8 Å². The van der Waals surface area contributed by atoms with E-state index in [1.165, 1.54) is 5.56 Å². The maximum atomic E-state index is 12.9. The Bertz CT molecular complexity index is 546. The Morgan fingerprint density at radius 3 is 2.96 bits per heavy atom. The van der Waals surface area contributed by atoms with E-state index in [4.69, 9.17) is 4.74 Å². The van der Waals surface area contributed by atoms with Gasteiger partial charge in [-0.1, -0.05) is 0 Å². The number of likely N-dealkylation sites (tertiary alicyclic amines) is 2. The molecule has 4 nitrogen and oxygen atoms in total. The minimum Gasteiger partial charge on any atom is -0.466 e. The van der Waals surface area contributed by atoms with E-state index in [0.717, 1.165) is 45.6 Å². The summed E-state index contributed by atoms with van der Waals surface area (Å²) in [4.78, 5) is 17.9. The molecule has 2 aliphatic rings. The first-order valence-corrected chi connectivity index (χ1v) is 10.1. The van der Waals surface area contributed by atoms with E-state index in [1.807, 2.05) is 6.92 Å². The number of rotatable bonds is 5. The Morgan fingerprint density at radius 2 is 2.29 bits per heavy atom. The minimum atomic E-state index is -0.302. The van der Waals surface area contributed by atoms with E-state index in [1.54, 1.807) is 11.3 Å². The summed E-state index contributed by atoms with van der Waals surface area (Å²) in [6.45, 7) is 11.8. The quantitative estimate of drug-likeness (QED) is 0.763. The van der Waals surface area contributed by atoms with Crippen LogP contribution in [0.4, 0.5) is 0 Å². The zero-order valence-corrected chi connectivity index (χ0v) is 16.0. The lowest BCUT2D eigenvalue weighted by atomic mass is 9.75. The molecular weight excluding hydrogens is 320 g/mol. The number of carbonyl (C=O) groups excluding carboxylic acids is 1. The maximum Gasteiger partial charge on any atom is 0.313 e. The van der Waals surface area contributed by atoms with Gasteiger partial charge in [0, 0.05) is 38.1 Å². The van der Waals surface area contributed by atoms with Crippen molar-refractivity contribution in [3.63, 3.8) is 0 Å². The monoisotopic (exact) mass is 350 g/mol. The van der Waals surface area contributed by atoms with Gasteiger partial charge in [-0.15, -0.1) is 0 Å². The number of esters is 1. The van der Waals surface area contributed by atoms with Gasteiger partial charge in [-0.25, -0.2) is 0 Å². The topological polar surface area (TPSA) is 32.8 Å². The highest BCUT2D eigenvalue weighted by Crippen LogP contribution is 2.44. The van der Waals surface area contributed by atoms with Gasteiger partial charge in [0.05, 0.1) is 12.0 Å². The van der Waals surface area contributed by atoms with Crippen molar-refractivity contribution in [3.8, 4) is 0 Å². The van der Waals surface area contributed by atoms with Crippen molar-refractivity contribution >= 4 is 17.3 Å². The van der Waals surface area contributed by atoms with Crippen molar-refractivity contribution in [2.45, 2.75) is 46.2 Å². The van der Waals surface area contributed by atoms with Gasteiger partial charge in [0.2, 0.25) is 0 Å². The summed E-state index contributed by atoms with van der Waals surface area (Å²) in [6.07, 6.45) is 2.03. The van der Waals surface area contributed by atoms with Crippen LogP contribution in [0.2, 0.25) is 0 Å². The van der Waals surface area contributed by atoms with Crippen molar-refractivity contribution in [1.29, 1.82) is 0 Å². The highest BCUT2D eigenvalue weighted by molar-refractivity contribution is 7.07. The highest BCUT2D eigenvalue weighted by Gasteiger charge is 2.54. The van der Waals surface area contributed by atoms with Crippen molar-refractivity contribution in [2.75, 3.05) is 32.8 Å². The average Bonchev–Trinajstić information content (AvgIpc) is 3.13. The van der Waals surface area contributed by atoms with Crippen molar-refractivity contribution in [1.82, 2.24) is 9.80 Å². The van der Waals surface area contributed by atoms with Crippen LogP contribution in [-0.2, 0) is 16.1 Å². The number of thiophene rings is 1. The molecular formula is C19H30N2O2S. The van der Waals surface area contributed by atoms with Gasteiger partial charge in [0.15, 0.2) is 0 Å². The van der Waals surface area contributed by atoms with Crippen LogP contribution >= 0.6 is 11.3 Å². The number of fused-ring (bicyclic) bond motifs is 1. The summed E-state index contributed by atoms with van der Waals surface area (Å²) in [5.41, 5.74) is 1.09. The molecule has 0 radical (unpaired) electrons. The summed E-state index contributed by atoms with van der Waals surface area (Å²) in [6, 6.07) is 2.69. The van der Waals surface area contributed by atoms with E-state index < -0.39 is 0 Å². The molecule has 24 heavy (non-hydrogen) atoms. The summed E-state index contributed by atoms with van der Waals surface area (Å²) in [5.74, 6) is 0.413. The van der Waals surface area contributed by atoms with Gasteiger partial charge >= 0.3 is 5.97 Å². The van der Waals surface area contributed by atoms with Gasteiger partial charge in [-0.3, -0.25) is 14.6 Å². The largest absolute Gasteiger partial charge is 0.466 e. The summed E-state index contributed by atoms with van der Waals surface area (Å²) < 4.78 is 5.53. The third kappa shape index (κ3) is 3.53. The van der Waals surface area contributed by atoms with E-state index in [-0.39, 0.29) is 11.4 Å². The van der Waals surface area contributed by atoms with Crippen LogP contribution in [0.5, 0.6) is 0 Å². The lowest BCUT2D eigenvalue weighted by molar-refractivity contribution is -0.157. The summed E-state index contributed by atoms with van der Waals surface area (Å²) in [5, 5.41) is 4.38. The third-order valence-corrected chi connectivity index (χ3v) is 6.43. The second kappa shape index (κ2) is 7.54. The molecule has 5 heteroatoms. The van der Waals surface area contributed by atoms with Gasteiger partial charge < -0.3 is 4.74 Å². The maximum absolute atomic E-state index is 12.9. The Balaban J connectivity index is 1.79. The number of ether oxygens (including phenoxy) is 1. The molecule has 0 spiro atoms. The molecule has 1 aromatic rings. The Labute approximate surface area is 149 Å². The fraction of sp³-hybridized carbons (Fsp3) is 0.737. The van der Waals surface area contributed by atoms with E-state index in [9.17, 15) is 4.79 Å². The summed E-state index contributed by atoms with van der Waals surface area (Å²) >= 11 is 1.76. The predicted molar refractivity (Wildman–Crippen MR) is 98.1 cm³/mol. The zero-order valence-electron chi connectivity index (χ0n) is 15.2. The molecule has 3 rings (SSSR count). The number of carbonyl (C=O) groups is 1. The molecule has 2 aliphatic heterocycles. The van der Waals surface area contributed by atoms with Crippen LogP contribution in [0.3, 0.4) is 0 Å². The molecule has 2 saturated heterocycles. The molecule has 134 valence electrons. The fourth-order valence-electron chi connectivity index (χ4n) is 4.34. The molecule has 0 bridgehead atoms. The lowest BCUT2D eigenvalue weighted by Crippen LogP contribution is -2.42. The van der Waals surface area contributed by atoms with Crippen LogP contribution < -0.4 is 0 Å². The number of nitrogens with zero attached hydrogens (tertiary/aromatic N) is 2. The first kappa shape index (κ1) is 17.9. The Kier molecular flexibility index (Phi) is 5.63. The molecule has 0 N–H and O–H groups in total. The highest BCUT2D eigenvalue weighted by atomic mass is 32.1. The second-order valence-electron chi connectivity index (χ2n) is 7.57. The standard InChI is InChI=1S/C19H30N2O2S/c1-4-23-18(22)19-7-5-8-20(10-16-6-9-24-13-16)11-17(19)12-21(14-19)15(2)3/h6,9,13,15,17H,4-5,7-8,10-12,14H2,1-3H3/t17-,19-/m0/s1. The fourth-order valence-corrected chi connectivity index (χ4v) is 5.00. The zero-order chi connectivity index (χ0) is 17.2. The summed E-state index contributed by atoms with van der Waals surface area (Å²) in [7, 11) is 0. The predicted octanol–water partition coefficient (Wildman–Crippen LogP) is 3.23. The SMILES string of the molecule is CCOC(=O)[C@]12CCCN(Cc3ccsc3)C[C@H]1CN(C(C)C)C2. The third-order valence-electron chi connectivity index (χ3n) is 5.70. The normalized spacial score (nSPS) is 28.8. The number of hydrogen-bond donors (Lipinski definition) is 0. The molecule has 2 fully saturated rings. The van der Waals surface area contributed by atoms with Crippen LogP contribution in [-0.4, -0.2) is 54.6 Å². The van der Waals surface area contributed by atoms with Crippen molar-refractivity contribution < 1.29 is 9.53 Å². The van der Waals surface area contributed by atoms with Crippen molar-refractivity contribution in [2.24, 2.45) is 11.3 Å². The van der Waals surface area contributed by atoms with Gasteiger partial charge in [-0.2, -0.15) is 11.3 Å². The van der Waals surface area contributed by atoms with Crippen LogP contribution in [0, 0.1) is 11.3 Å². The molecule has 0 saturated carbocycles.